The van der Waals surface area contributed by atoms with E-state index in [1.54, 1.807) is 0 Å². The van der Waals surface area contributed by atoms with Gasteiger partial charge in [-0.05, 0) is 31.0 Å². The van der Waals surface area contributed by atoms with Crippen molar-refractivity contribution in [2.45, 2.75) is 19.4 Å². The maximum Gasteiger partial charge on any atom is 0.227 e. The third kappa shape index (κ3) is 4.11. The van der Waals surface area contributed by atoms with Crippen molar-refractivity contribution in [1.29, 1.82) is 0 Å². The van der Waals surface area contributed by atoms with E-state index in [4.69, 9.17) is 14.5 Å². The topological polar surface area (TPSA) is 72.4 Å². The maximum atomic E-state index is 5.74. The largest absolute Gasteiger partial charge is 0.379 e. The number of morpholine rings is 1. The minimum atomic E-state index is 0.245. The Morgan fingerprint density at radius 2 is 1.92 bits per heavy atom. The fraction of sp³-hybridized carbons (Fsp3) is 0.526. The van der Waals surface area contributed by atoms with Crippen molar-refractivity contribution in [2.75, 3.05) is 49.7 Å². The number of hydrogen-bond acceptors (Lipinski definition) is 7. The molecule has 0 saturated carbocycles. The van der Waals surface area contributed by atoms with Gasteiger partial charge in [0, 0.05) is 43.2 Å². The lowest BCUT2D eigenvalue weighted by atomic mass is 9.95. The number of anilines is 2. The number of nitrogens with one attached hydrogen (secondary N) is 1. The van der Waals surface area contributed by atoms with Crippen LogP contribution in [0.15, 0.2) is 30.6 Å². The van der Waals surface area contributed by atoms with Crippen LogP contribution in [0.5, 0.6) is 0 Å². The van der Waals surface area contributed by atoms with Gasteiger partial charge in [-0.25, -0.2) is 4.98 Å². The number of hydrogen-bond donors (Lipinski definition) is 1. The van der Waals surface area contributed by atoms with Gasteiger partial charge in [0.15, 0.2) is 0 Å². The van der Waals surface area contributed by atoms with Crippen molar-refractivity contribution in [2.24, 2.45) is 5.92 Å². The molecule has 4 heterocycles. The Kier molecular flexibility index (Phi) is 5.26. The fourth-order valence-electron chi connectivity index (χ4n) is 3.50. The van der Waals surface area contributed by atoms with E-state index in [1.165, 1.54) is 5.56 Å². The summed E-state index contributed by atoms with van der Waals surface area (Å²) in [6, 6.07) is 6.39. The second-order valence-corrected chi connectivity index (χ2v) is 6.90. The zero-order chi connectivity index (χ0) is 17.8. The van der Waals surface area contributed by atoms with Crippen LogP contribution in [0.3, 0.4) is 0 Å². The summed E-state index contributed by atoms with van der Waals surface area (Å²) in [5.41, 5.74) is 2.25. The SMILES string of the molecule is Cc1cc(N[C@@H]2COC[C@H]2Cc2ccncc2)nc(N2CCOCC2)n1. The Morgan fingerprint density at radius 3 is 2.73 bits per heavy atom. The third-order valence-electron chi connectivity index (χ3n) is 4.92. The van der Waals surface area contributed by atoms with Crippen molar-refractivity contribution >= 4 is 11.8 Å². The highest BCUT2D eigenvalue weighted by molar-refractivity contribution is 5.45. The second-order valence-electron chi connectivity index (χ2n) is 6.90. The summed E-state index contributed by atoms with van der Waals surface area (Å²) < 4.78 is 11.2. The molecule has 7 heteroatoms. The summed E-state index contributed by atoms with van der Waals surface area (Å²) in [5, 5.41) is 3.58. The predicted octanol–water partition coefficient (Wildman–Crippen LogP) is 1.69. The molecule has 2 fully saturated rings. The first kappa shape index (κ1) is 17.2. The van der Waals surface area contributed by atoms with Gasteiger partial charge < -0.3 is 19.7 Å². The number of aryl methyl sites for hydroxylation is 1. The number of pyridine rings is 1. The van der Waals surface area contributed by atoms with Crippen LogP contribution in [-0.4, -0.2) is 60.5 Å². The van der Waals surface area contributed by atoms with Gasteiger partial charge in [-0.2, -0.15) is 4.98 Å². The lowest BCUT2D eigenvalue weighted by Crippen LogP contribution is -2.37. The molecule has 26 heavy (non-hydrogen) atoms. The summed E-state index contributed by atoms with van der Waals surface area (Å²) in [4.78, 5) is 15.6. The van der Waals surface area contributed by atoms with Crippen LogP contribution in [0.4, 0.5) is 11.8 Å². The van der Waals surface area contributed by atoms with Gasteiger partial charge in [0.05, 0.1) is 32.5 Å². The van der Waals surface area contributed by atoms with Crippen LogP contribution in [0.1, 0.15) is 11.3 Å². The van der Waals surface area contributed by atoms with Crippen molar-refractivity contribution in [3.8, 4) is 0 Å². The molecule has 7 nitrogen and oxygen atoms in total. The van der Waals surface area contributed by atoms with Crippen LogP contribution >= 0.6 is 0 Å². The fourth-order valence-corrected chi connectivity index (χ4v) is 3.50. The van der Waals surface area contributed by atoms with E-state index in [2.05, 4.69) is 32.3 Å². The lowest BCUT2D eigenvalue weighted by molar-refractivity contribution is 0.122. The zero-order valence-electron chi connectivity index (χ0n) is 15.1. The molecule has 2 atom stereocenters. The molecule has 0 aromatic carbocycles. The Hall–Kier alpha value is -2.25. The van der Waals surface area contributed by atoms with Crippen LogP contribution in [-0.2, 0) is 15.9 Å². The molecule has 2 aromatic rings. The minimum Gasteiger partial charge on any atom is -0.379 e. The van der Waals surface area contributed by atoms with Gasteiger partial charge in [-0.1, -0.05) is 0 Å². The minimum absolute atomic E-state index is 0.245. The van der Waals surface area contributed by atoms with E-state index in [9.17, 15) is 0 Å². The first-order valence-corrected chi connectivity index (χ1v) is 9.19. The average Bonchev–Trinajstić information content (AvgIpc) is 3.09. The Bertz CT molecular complexity index is 721. The average molecular weight is 355 g/mol. The predicted molar refractivity (Wildman–Crippen MR) is 99.5 cm³/mol. The molecule has 2 aliphatic heterocycles. The number of nitrogens with zero attached hydrogens (tertiary/aromatic N) is 4. The molecular formula is C19H25N5O2. The highest BCUT2D eigenvalue weighted by Crippen LogP contribution is 2.23. The van der Waals surface area contributed by atoms with E-state index in [-0.39, 0.29) is 6.04 Å². The van der Waals surface area contributed by atoms with Gasteiger partial charge in [0.1, 0.15) is 5.82 Å². The van der Waals surface area contributed by atoms with E-state index < -0.39 is 0 Å². The molecule has 0 bridgehead atoms. The standard InChI is InChI=1S/C19H25N5O2/c1-14-10-18(23-19(21-14)24-6-8-25-9-7-24)22-17-13-26-12-16(17)11-15-2-4-20-5-3-15/h2-5,10,16-17H,6-9,11-13H2,1H3,(H,21,22,23)/t16-,17-/m1/s1. The molecular weight excluding hydrogens is 330 g/mol. The van der Waals surface area contributed by atoms with E-state index >= 15 is 0 Å². The molecule has 0 radical (unpaired) electrons. The van der Waals surface area contributed by atoms with Crippen LogP contribution in [0, 0.1) is 12.8 Å². The Morgan fingerprint density at radius 1 is 1.12 bits per heavy atom. The van der Waals surface area contributed by atoms with Gasteiger partial charge in [-0.15, -0.1) is 0 Å². The van der Waals surface area contributed by atoms with Crippen molar-refractivity contribution in [1.82, 2.24) is 15.0 Å². The number of aromatic nitrogens is 3. The van der Waals surface area contributed by atoms with E-state index in [0.29, 0.717) is 12.5 Å². The number of rotatable bonds is 5. The van der Waals surface area contributed by atoms with Crippen LogP contribution in [0.2, 0.25) is 0 Å². The summed E-state index contributed by atoms with van der Waals surface area (Å²) in [6.45, 7) is 6.59. The summed E-state index contributed by atoms with van der Waals surface area (Å²) in [7, 11) is 0. The van der Waals surface area contributed by atoms with Gasteiger partial charge in [0.25, 0.3) is 0 Å². The zero-order valence-corrected chi connectivity index (χ0v) is 15.1. The molecule has 0 spiro atoms. The molecule has 4 rings (SSSR count). The molecule has 1 N–H and O–H groups in total. The first-order valence-electron chi connectivity index (χ1n) is 9.19. The van der Waals surface area contributed by atoms with E-state index in [1.807, 2.05) is 25.4 Å². The molecule has 0 unspecified atom stereocenters. The van der Waals surface area contributed by atoms with Gasteiger partial charge in [0.2, 0.25) is 5.95 Å². The molecule has 138 valence electrons. The maximum absolute atomic E-state index is 5.74. The van der Waals surface area contributed by atoms with Crippen LogP contribution in [0.25, 0.3) is 0 Å². The lowest BCUT2D eigenvalue weighted by Gasteiger charge is -2.27. The molecule has 0 amide bonds. The molecule has 2 saturated heterocycles. The highest BCUT2D eigenvalue weighted by atomic mass is 16.5. The normalized spacial score (nSPS) is 23.2. The van der Waals surface area contributed by atoms with Crippen LogP contribution < -0.4 is 10.2 Å². The highest BCUT2D eigenvalue weighted by Gasteiger charge is 2.29. The molecule has 2 aliphatic rings. The summed E-state index contributed by atoms with van der Waals surface area (Å²) in [6.07, 6.45) is 4.66. The van der Waals surface area contributed by atoms with E-state index in [0.717, 1.165) is 56.8 Å². The third-order valence-corrected chi connectivity index (χ3v) is 4.92. The summed E-state index contributed by atoms with van der Waals surface area (Å²) >= 11 is 0. The van der Waals surface area contributed by atoms with Gasteiger partial charge >= 0.3 is 0 Å². The summed E-state index contributed by atoms with van der Waals surface area (Å²) in [5.74, 6) is 2.06. The monoisotopic (exact) mass is 355 g/mol. The Balaban J connectivity index is 1.46. The van der Waals surface area contributed by atoms with Gasteiger partial charge in [-0.3, -0.25) is 4.98 Å². The quantitative estimate of drug-likeness (QED) is 0.875. The molecule has 2 aromatic heterocycles. The van der Waals surface area contributed by atoms with Crippen molar-refractivity contribution < 1.29 is 9.47 Å². The molecule has 0 aliphatic carbocycles. The smallest absolute Gasteiger partial charge is 0.227 e. The first-order chi connectivity index (χ1) is 12.8. The Labute approximate surface area is 153 Å². The second kappa shape index (κ2) is 7.97. The number of ether oxygens (including phenoxy) is 2. The van der Waals surface area contributed by atoms with Crippen molar-refractivity contribution in [3.63, 3.8) is 0 Å². The van der Waals surface area contributed by atoms with Crippen molar-refractivity contribution in [3.05, 3.63) is 41.9 Å².